The van der Waals surface area contributed by atoms with Gasteiger partial charge >= 0.3 is 0 Å². The Bertz CT molecular complexity index is 422. The van der Waals surface area contributed by atoms with Crippen molar-refractivity contribution in [1.29, 1.82) is 0 Å². The minimum atomic E-state index is -0.245. The van der Waals surface area contributed by atoms with Crippen LogP contribution in [0.15, 0.2) is 18.2 Å². The number of hydrogen-bond donors (Lipinski definition) is 2. The van der Waals surface area contributed by atoms with Crippen LogP contribution < -0.4 is 10.1 Å². The third-order valence-corrected chi connectivity index (χ3v) is 3.78. The van der Waals surface area contributed by atoms with E-state index in [1.807, 2.05) is 0 Å². The number of nitrogens with one attached hydrogen (secondary N) is 1. The summed E-state index contributed by atoms with van der Waals surface area (Å²) in [7, 11) is 1.61. The average Bonchev–Trinajstić information content (AvgIpc) is 2.49. The molecule has 1 aliphatic heterocycles. The van der Waals surface area contributed by atoms with E-state index in [0.717, 1.165) is 38.2 Å². The van der Waals surface area contributed by atoms with Crippen LogP contribution in [0, 0.1) is 5.82 Å². The molecule has 0 aromatic heterocycles. The van der Waals surface area contributed by atoms with E-state index in [2.05, 4.69) is 10.2 Å². The Hall–Kier alpha value is -1.17. The molecule has 1 aromatic carbocycles. The Morgan fingerprint density at radius 2 is 2.15 bits per heavy atom. The number of aliphatic hydroxyl groups excluding tert-OH is 1. The van der Waals surface area contributed by atoms with Crippen LogP contribution in [-0.2, 0) is 0 Å². The number of benzene rings is 1. The molecule has 5 heteroatoms. The highest BCUT2D eigenvalue weighted by Crippen LogP contribution is 2.33. The summed E-state index contributed by atoms with van der Waals surface area (Å²) in [4.78, 5) is 2.34. The number of nitrogens with zero attached hydrogens (tertiary/aromatic N) is 1. The van der Waals surface area contributed by atoms with Gasteiger partial charge in [0, 0.05) is 44.4 Å². The monoisotopic (exact) mass is 282 g/mol. The molecule has 1 heterocycles. The topological polar surface area (TPSA) is 44.7 Å². The summed E-state index contributed by atoms with van der Waals surface area (Å²) in [6.07, 6.45) is 1.50. The van der Waals surface area contributed by atoms with Gasteiger partial charge in [-0.15, -0.1) is 0 Å². The molecule has 0 aliphatic carbocycles. The lowest BCUT2D eigenvalue weighted by Gasteiger charge is -2.35. The van der Waals surface area contributed by atoms with E-state index in [1.165, 1.54) is 6.07 Å². The first-order valence-electron chi connectivity index (χ1n) is 7.15. The van der Waals surface area contributed by atoms with Crippen LogP contribution in [0.5, 0.6) is 5.75 Å². The van der Waals surface area contributed by atoms with Gasteiger partial charge in [-0.3, -0.25) is 4.90 Å². The van der Waals surface area contributed by atoms with Gasteiger partial charge in [-0.25, -0.2) is 4.39 Å². The maximum absolute atomic E-state index is 13.6. The molecule has 2 N–H and O–H groups in total. The minimum absolute atomic E-state index is 0.0925. The van der Waals surface area contributed by atoms with Crippen molar-refractivity contribution in [3.8, 4) is 5.75 Å². The maximum Gasteiger partial charge on any atom is 0.123 e. The van der Waals surface area contributed by atoms with Gasteiger partial charge in [0.1, 0.15) is 11.6 Å². The van der Waals surface area contributed by atoms with Crippen molar-refractivity contribution < 1.29 is 14.2 Å². The van der Waals surface area contributed by atoms with Gasteiger partial charge in [0.2, 0.25) is 0 Å². The summed E-state index contributed by atoms with van der Waals surface area (Å²) in [5.74, 6) is 0.470. The molecule has 1 fully saturated rings. The first-order valence-corrected chi connectivity index (χ1v) is 7.15. The van der Waals surface area contributed by atoms with Gasteiger partial charge in [-0.05, 0) is 31.0 Å². The van der Waals surface area contributed by atoms with E-state index in [9.17, 15) is 4.39 Å². The van der Waals surface area contributed by atoms with Crippen molar-refractivity contribution in [3.05, 3.63) is 29.6 Å². The largest absolute Gasteiger partial charge is 0.496 e. The number of hydrogen-bond acceptors (Lipinski definition) is 4. The highest BCUT2D eigenvalue weighted by atomic mass is 19.1. The number of methoxy groups -OCH3 is 1. The van der Waals surface area contributed by atoms with E-state index in [4.69, 9.17) is 9.84 Å². The number of rotatable bonds is 6. The van der Waals surface area contributed by atoms with Crippen molar-refractivity contribution in [3.63, 3.8) is 0 Å². The second kappa shape index (κ2) is 7.57. The molecule has 0 unspecified atom stereocenters. The molecule has 0 saturated carbocycles. The Balaban J connectivity index is 2.26. The van der Waals surface area contributed by atoms with Crippen molar-refractivity contribution >= 4 is 0 Å². The zero-order valence-electron chi connectivity index (χ0n) is 11.9. The Morgan fingerprint density at radius 1 is 1.40 bits per heavy atom. The van der Waals surface area contributed by atoms with E-state index in [-0.39, 0.29) is 18.5 Å². The average molecular weight is 282 g/mol. The second-order valence-electron chi connectivity index (χ2n) is 5.05. The van der Waals surface area contributed by atoms with Crippen LogP contribution in [0.25, 0.3) is 0 Å². The number of piperazine rings is 1. The molecule has 0 bridgehead atoms. The predicted molar refractivity (Wildman–Crippen MR) is 76.5 cm³/mol. The van der Waals surface area contributed by atoms with Crippen molar-refractivity contribution in [2.75, 3.05) is 39.9 Å². The SMILES string of the molecule is COc1ccc(F)cc1[C@@H](CCCO)N1CCNCC1. The maximum atomic E-state index is 13.6. The van der Waals surface area contributed by atoms with Crippen LogP contribution in [0.1, 0.15) is 24.4 Å². The molecule has 1 aliphatic rings. The van der Waals surface area contributed by atoms with Gasteiger partial charge < -0.3 is 15.2 Å². The molecule has 1 aromatic rings. The van der Waals surface area contributed by atoms with Gasteiger partial charge in [-0.1, -0.05) is 0 Å². The fraction of sp³-hybridized carbons (Fsp3) is 0.600. The summed E-state index contributed by atoms with van der Waals surface area (Å²) in [6.45, 7) is 3.88. The number of halogens is 1. The zero-order chi connectivity index (χ0) is 14.4. The third-order valence-electron chi connectivity index (χ3n) is 3.78. The minimum Gasteiger partial charge on any atom is -0.496 e. The lowest BCUT2D eigenvalue weighted by Crippen LogP contribution is -2.45. The molecule has 0 spiro atoms. The van der Waals surface area contributed by atoms with E-state index in [1.54, 1.807) is 19.2 Å². The standard InChI is InChI=1S/C15H23FN2O2/c1-20-15-5-4-12(16)11-13(15)14(3-2-10-19)18-8-6-17-7-9-18/h4-5,11,14,17,19H,2-3,6-10H2,1H3/t14-/m1/s1. The van der Waals surface area contributed by atoms with Crippen molar-refractivity contribution in [2.45, 2.75) is 18.9 Å². The van der Waals surface area contributed by atoms with Crippen LogP contribution in [-0.4, -0.2) is 49.9 Å². The molecule has 2 rings (SSSR count). The predicted octanol–water partition coefficient (Wildman–Crippen LogP) is 1.55. The van der Waals surface area contributed by atoms with Gasteiger partial charge in [-0.2, -0.15) is 0 Å². The van der Waals surface area contributed by atoms with Gasteiger partial charge in [0.15, 0.2) is 0 Å². The smallest absolute Gasteiger partial charge is 0.123 e. The summed E-state index contributed by atoms with van der Waals surface area (Å²) >= 11 is 0. The quantitative estimate of drug-likeness (QED) is 0.831. The van der Waals surface area contributed by atoms with E-state index in [0.29, 0.717) is 12.2 Å². The molecule has 0 amide bonds. The molecule has 0 radical (unpaired) electrons. The molecule has 1 atom stereocenters. The lowest BCUT2D eigenvalue weighted by molar-refractivity contribution is 0.152. The number of ether oxygens (including phenoxy) is 1. The summed E-state index contributed by atoms with van der Waals surface area (Å²) < 4.78 is 19.0. The Kier molecular flexibility index (Phi) is 5.76. The first-order chi connectivity index (χ1) is 9.76. The molecule has 20 heavy (non-hydrogen) atoms. The molecule has 1 saturated heterocycles. The van der Waals surface area contributed by atoms with Gasteiger partial charge in [0.05, 0.1) is 7.11 Å². The summed E-state index contributed by atoms with van der Waals surface area (Å²) in [5.41, 5.74) is 0.878. The normalized spacial score (nSPS) is 17.9. The Morgan fingerprint density at radius 3 is 2.80 bits per heavy atom. The second-order valence-corrected chi connectivity index (χ2v) is 5.05. The van der Waals surface area contributed by atoms with Gasteiger partial charge in [0.25, 0.3) is 0 Å². The summed E-state index contributed by atoms with van der Waals surface area (Å²) in [5, 5.41) is 12.4. The Labute approximate surface area is 119 Å². The number of aliphatic hydroxyl groups is 1. The fourth-order valence-corrected chi connectivity index (χ4v) is 2.78. The summed E-state index contributed by atoms with van der Waals surface area (Å²) in [6, 6.07) is 4.75. The van der Waals surface area contributed by atoms with E-state index >= 15 is 0 Å². The zero-order valence-corrected chi connectivity index (χ0v) is 11.9. The van der Waals surface area contributed by atoms with Crippen LogP contribution in [0.2, 0.25) is 0 Å². The van der Waals surface area contributed by atoms with Crippen molar-refractivity contribution in [1.82, 2.24) is 10.2 Å². The molecule has 4 nitrogen and oxygen atoms in total. The highest BCUT2D eigenvalue weighted by molar-refractivity contribution is 5.36. The lowest BCUT2D eigenvalue weighted by atomic mass is 9.98. The van der Waals surface area contributed by atoms with Crippen LogP contribution in [0.4, 0.5) is 4.39 Å². The van der Waals surface area contributed by atoms with Crippen LogP contribution >= 0.6 is 0 Å². The van der Waals surface area contributed by atoms with Crippen LogP contribution in [0.3, 0.4) is 0 Å². The molecular weight excluding hydrogens is 259 g/mol. The highest BCUT2D eigenvalue weighted by Gasteiger charge is 2.24. The fourth-order valence-electron chi connectivity index (χ4n) is 2.78. The molecule has 112 valence electrons. The first kappa shape index (κ1) is 15.2. The third kappa shape index (κ3) is 3.69. The van der Waals surface area contributed by atoms with E-state index < -0.39 is 0 Å². The van der Waals surface area contributed by atoms with Crippen molar-refractivity contribution in [2.24, 2.45) is 0 Å². The molecular formula is C15H23FN2O2.